The zero-order chi connectivity index (χ0) is 18.8. The molecule has 2 heterocycles. The van der Waals surface area contributed by atoms with Crippen molar-refractivity contribution in [1.29, 1.82) is 0 Å². The molecular weight excluding hydrogens is 354 g/mol. The number of aryl methyl sites for hydroxylation is 2. The minimum absolute atomic E-state index is 0.118. The number of carbonyl (C=O) groups is 1. The van der Waals surface area contributed by atoms with Crippen molar-refractivity contribution in [2.75, 3.05) is 0 Å². The summed E-state index contributed by atoms with van der Waals surface area (Å²) in [5.74, 6) is 0.642. The van der Waals surface area contributed by atoms with Crippen LogP contribution in [0.1, 0.15) is 57.9 Å². The van der Waals surface area contributed by atoms with Gasteiger partial charge < -0.3 is 4.98 Å². The molecule has 0 radical (unpaired) electrons. The Hall–Kier alpha value is -2.40. The van der Waals surface area contributed by atoms with Crippen LogP contribution in [0.4, 0.5) is 0 Å². The van der Waals surface area contributed by atoms with E-state index in [1.54, 1.807) is 17.6 Å². The molecule has 1 aliphatic carbocycles. The highest BCUT2D eigenvalue weighted by atomic mass is 32.1. The lowest BCUT2D eigenvalue weighted by Gasteiger charge is -2.19. The molecule has 2 aromatic heterocycles. The Kier molecular flexibility index (Phi) is 5.12. The van der Waals surface area contributed by atoms with Crippen LogP contribution >= 0.6 is 11.3 Å². The predicted molar refractivity (Wildman–Crippen MR) is 113 cm³/mol. The summed E-state index contributed by atoms with van der Waals surface area (Å²) in [7, 11) is 0. The molecule has 1 atom stereocenters. The normalized spacial score (nSPS) is 16.7. The molecule has 4 rings (SSSR count). The highest BCUT2D eigenvalue weighted by Crippen LogP contribution is 2.33. The quantitative estimate of drug-likeness (QED) is 0.472. The third kappa shape index (κ3) is 3.56. The maximum absolute atomic E-state index is 12.5. The van der Waals surface area contributed by atoms with Crippen LogP contribution in [0.25, 0.3) is 10.9 Å². The van der Waals surface area contributed by atoms with E-state index in [0.717, 1.165) is 46.5 Å². The van der Waals surface area contributed by atoms with Crippen LogP contribution in [0.3, 0.4) is 0 Å². The lowest BCUT2D eigenvalue weighted by Crippen LogP contribution is -2.16. The van der Waals surface area contributed by atoms with Gasteiger partial charge in [-0.25, -0.2) is 5.43 Å². The smallest absolute Gasteiger partial charge is 0.281 e. The van der Waals surface area contributed by atoms with E-state index in [4.69, 9.17) is 0 Å². The van der Waals surface area contributed by atoms with Crippen molar-refractivity contribution in [2.24, 2.45) is 11.0 Å². The van der Waals surface area contributed by atoms with Gasteiger partial charge in [-0.15, -0.1) is 11.3 Å². The lowest BCUT2D eigenvalue weighted by atomic mass is 9.87. The van der Waals surface area contributed by atoms with Crippen LogP contribution in [0.5, 0.6) is 0 Å². The molecule has 4 nitrogen and oxygen atoms in total. The number of benzene rings is 1. The van der Waals surface area contributed by atoms with E-state index in [1.165, 1.54) is 28.8 Å². The van der Waals surface area contributed by atoms with Gasteiger partial charge in [0.05, 0.1) is 11.1 Å². The number of thiophene rings is 1. The molecule has 2 N–H and O–H groups in total. The van der Waals surface area contributed by atoms with Crippen LogP contribution < -0.4 is 5.43 Å². The van der Waals surface area contributed by atoms with Crippen molar-refractivity contribution in [2.45, 2.75) is 46.0 Å². The number of hydrogen-bond acceptors (Lipinski definition) is 3. The summed E-state index contributed by atoms with van der Waals surface area (Å²) in [4.78, 5) is 17.9. The molecule has 0 bridgehead atoms. The Bertz CT molecular complexity index is 998. The average Bonchev–Trinajstić information content (AvgIpc) is 3.31. The van der Waals surface area contributed by atoms with Crippen molar-refractivity contribution < 1.29 is 4.79 Å². The number of rotatable bonds is 5. The molecule has 1 amide bonds. The number of fused-ring (bicyclic) bond motifs is 2. The van der Waals surface area contributed by atoms with Gasteiger partial charge >= 0.3 is 0 Å². The van der Waals surface area contributed by atoms with E-state index in [9.17, 15) is 4.79 Å². The topological polar surface area (TPSA) is 57.2 Å². The van der Waals surface area contributed by atoms with Gasteiger partial charge in [-0.3, -0.25) is 4.79 Å². The fourth-order valence-corrected chi connectivity index (χ4v) is 5.01. The van der Waals surface area contributed by atoms with Crippen LogP contribution in [0.15, 0.2) is 35.6 Å². The van der Waals surface area contributed by atoms with E-state index in [2.05, 4.69) is 53.6 Å². The fraction of sp³-hybridized carbons (Fsp3) is 0.364. The van der Waals surface area contributed by atoms with Gasteiger partial charge in [0.15, 0.2) is 0 Å². The Labute approximate surface area is 163 Å². The van der Waals surface area contributed by atoms with E-state index in [1.807, 2.05) is 6.20 Å². The number of aromatic nitrogens is 1. The summed E-state index contributed by atoms with van der Waals surface area (Å²) in [5.41, 5.74) is 7.46. The highest BCUT2D eigenvalue weighted by Gasteiger charge is 2.21. The van der Waals surface area contributed by atoms with Gasteiger partial charge in [0, 0.05) is 27.5 Å². The first-order valence-electron chi connectivity index (χ1n) is 9.73. The van der Waals surface area contributed by atoms with Gasteiger partial charge in [0.25, 0.3) is 5.91 Å². The van der Waals surface area contributed by atoms with Crippen molar-refractivity contribution in [3.63, 3.8) is 0 Å². The molecule has 140 valence electrons. The van der Waals surface area contributed by atoms with Gasteiger partial charge in [-0.2, -0.15) is 5.10 Å². The Morgan fingerprint density at radius 2 is 2.30 bits per heavy atom. The molecule has 0 saturated heterocycles. The molecular formula is C22H25N3OS. The van der Waals surface area contributed by atoms with E-state index in [-0.39, 0.29) is 5.91 Å². The first-order chi connectivity index (χ1) is 13.2. The number of para-hydroxylation sites is 1. The maximum atomic E-state index is 12.5. The molecule has 5 heteroatoms. The molecule has 0 unspecified atom stereocenters. The lowest BCUT2D eigenvalue weighted by molar-refractivity contribution is 0.0959. The van der Waals surface area contributed by atoms with Gasteiger partial charge in [-0.05, 0) is 48.8 Å². The average molecular weight is 380 g/mol. The second kappa shape index (κ2) is 7.69. The first-order valence-corrected chi connectivity index (χ1v) is 10.5. The van der Waals surface area contributed by atoms with Crippen molar-refractivity contribution in [3.8, 4) is 0 Å². The number of aromatic amines is 1. The molecule has 0 spiro atoms. The standard InChI is InChI=1S/C22H25N3OS/c1-3-14-8-9-19-16(10-14)11-20(27-19)22(26)25-24-13-17-12-23-21-15(4-2)6-5-7-18(17)21/h5-7,11-14,23H,3-4,8-10H2,1-2H3,(H,25,26)/b24-13+/t14-/m1/s1. The molecule has 1 aliphatic rings. The van der Waals surface area contributed by atoms with E-state index < -0.39 is 0 Å². The fourth-order valence-electron chi connectivity index (χ4n) is 3.92. The van der Waals surface area contributed by atoms with Crippen LogP contribution in [-0.4, -0.2) is 17.1 Å². The van der Waals surface area contributed by atoms with Crippen molar-refractivity contribution >= 4 is 34.4 Å². The third-order valence-corrected chi connectivity index (χ3v) is 6.81. The number of hydrazone groups is 1. The Morgan fingerprint density at radius 3 is 3.11 bits per heavy atom. The zero-order valence-corrected chi connectivity index (χ0v) is 16.7. The zero-order valence-electron chi connectivity index (χ0n) is 15.8. The molecule has 3 aromatic rings. The van der Waals surface area contributed by atoms with E-state index >= 15 is 0 Å². The molecule has 0 saturated carbocycles. The monoisotopic (exact) mass is 379 g/mol. The first kappa shape index (κ1) is 18.0. The predicted octanol–water partition coefficient (Wildman–Crippen LogP) is 5.07. The second-order valence-corrected chi connectivity index (χ2v) is 8.35. The summed E-state index contributed by atoms with van der Waals surface area (Å²) in [5, 5.41) is 5.32. The SMILES string of the molecule is CCc1cccc2c(/C=N/NC(=O)c3cc4c(s3)CC[C@@H](CC)C4)c[nH]c12. The molecule has 0 fully saturated rings. The van der Waals surface area contributed by atoms with Gasteiger partial charge in [0.2, 0.25) is 0 Å². The summed E-state index contributed by atoms with van der Waals surface area (Å²) >= 11 is 1.62. The molecule has 27 heavy (non-hydrogen) atoms. The third-order valence-electron chi connectivity index (χ3n) is 5.57. The van der Waals surface area contributed by atoms with E-state index in [0.29, 0.717) is 0 Å². The summed E-state index contributed by atoms with van der Waals surface area (Å²) in [6, 6.07) is 8.32. The van der Waals surface area contributed by atoms with Crippen LogP contribution in [0, 0.1) is 5.92 Å². The Balaban J connectivity index is 1.46. The second-order valence-electron chi connectivity index (χ2n) is 7.21. The summed E-state index contributed by atoms with van der Waals surface area (Å²) < 4.78 is 0. The minimum atomic E-state index is -0.118. The maximum Gasteiger partial charge on any atom is 0.281 e. The van der Waals surface area contributed by atoms with Gasteiger partial charge in [0.1, 0.15) is 0 Å². The minimum Gasteiger partial charge on any atom is -0.360 e. The number of carbonyl (C=O) groups excluding carboxylic acids is 1. The summed E-state index contributed by atoms with van der Waals surface area (Å²) in [6.07, 6.45) is 9.30. The van der Waals surface area contributed by atoms with Crippen molar-refractivity contribution in [3.05, 3.63) is 56.9 Å². The number of nitrogens with one attached hydrogen (secondary N) is 2. The van der Waals surface area contributed by atoms with Crippen molar-refractivity contribution in [1.82, 2.24) is 10.4 Å². The summed E-state index contributed by atoms with van der Waals surface area (Å²) in [6.45, 7) is 4.39. The highest BCUT2D eigenvalue weighted by molar-refractivity contribution is 7.14. The van der Waals surface area contributed by atoms with Crippen LogP contribution in [0.2, 0.25) is 0 Å². The number of nitrogens with zero attached hydrogens (tertiary/aromatic N) is 1. The molecule has 1 aromatic carbocycles. The largest absolute Gasteiger partial charge is 0.360 e. The van der Waals surface area contributed by atoms with Gasteiger partial charge in [-0.1, -0.05) is 38.5 Å². The number of H-pyrrole nitrogens is 1. The Morgan fingerprint density at radius 1 is 1.41 bits per heavy atom. The molecule has 0 aliphatic heterocycles. The number of hydrogen-bond donors (Lipinski definition) is 2. The number of amides is 1. The van der Waals surface area contributed by atoms with Crippen LogP contribution in [-0.2, 0) is 19.3 Å².